The van der Waals surface area contributed by atoms with Crippen LogP contribution in [0.3, 0.4) is 0 Å². The van der Waals surface area contributed by atoms with E-state index in [-0.39, 0.29) is 32.0 Å². The van der Waals surface area contributed by atoms with E-state index in [2.05, 4.69) is 5.32 Å². The van der Waals surface area contributed by atoms with E-state index in [0.29, 0.717) is 4.90 Å². The molecule has 0 aliphatic carbocycles. The molecule has 0 atom stereocenters. The number of nitrogens with one attached hydrogen (secondary N) is 1. The summed E-state index contributed by atoms with van der Waals surface area (Å²) < 4.78 is 0. The van der Waals surface area contributed by atoms with Crippen LogP contribution in [0.25, 0.3) is 0 Å². The molecular weight excluding hydrogens is 383 g/mol. The van der Waals surface area contributed by atoms with E-state index >= 15 is 0 Å². The molecular formula is C14H9Cl3N2O3S. The first kappa shape index (κ1) is 17.9. The summed E-state index contributed by atoms with van der Waals surface area (Å²) in [4.78, 5) is 23.3. The van der Waals surface area contributed by atoms with Crippen molar-refractivity contribution in [2.75, 3.05) is 11.6 Å². The van der Waals surface area contributed by atoms with Crippen LogP contribution in [0.4, 0.5) is 11.4 Å². The lowest BCUT2D eigenvalue weighted by molar-refractivity contribution is -0.387. The first-order valence-electron chi connectivity index (χ1n) is 6.11. The van der Waals surface area contributed by atoms with Crippen LogP contribution in [0.1, 0.15) is 10.4 Å². The molecule has 1 amide bonds. The molecule has 120 valence electrons. The number of nitro groups is 1. The number of benzene rings is 2. The average molecular weight is 392 g/mol. The number of hydrogen-bond acceptors (Lipinski definition) is 4. The molecule has 0 saturated carbocycles. The van der Waals surface area contributed by atoms with Gasteiger partial charge >= 0.3 is 0 Å². The third kappa shape index (κ3) is 4.09. The smallest absolute Gasteiger partial charge is 0.283 e. The predicted molar refractivity (Wildman–Crippen MR) is 94.3 cm³/mol. The number of nitrogens with zero attached hydrogens (tertiary/aromatic N) is 1. The molecule has 2 aromatic rings. The number of thioether (sulfide) groups is 1. The van der Waals surface area contributed by atoms with Crippen molar-refractivity contribution in [3.63, 3.8) is 0 Å². The summed E-state index contributed by atoms with van der Waals surface area (Å²) in [5, 5.41) is 14.3. The molecule has 9 heteroatoms. The minimum atomic E-state index is -0.541. The topological polar surface area (TPSA) is 72.2 Å². The highest BCUT2D eigenvalue weighted by atomic mass is 35.5. The molecule has 0 bridgehead atoms. The number of nitro benzene ring substituents is 1. The van der Waals surface area contributed by atoms with Gasteiger partial charge in [0.25, 0.3) is 11.6 Å². The Morgan fingerprint density at radius 2 is 1.78 bits per heavy atom. The van der Waals surface area contributed by atoms with Crippen molar-refractivity contribution >= 4 is 63.8 Å². The van der Waals surface area contributed by atoms with Crippen molar-refractivity contribution in [3.05, 3.63) is 61.1 Å². The van der Waals surface area contributed by atoms with Crippen molar-refractivity contribution in [3.8, 4) is 0 Å². The van der Waals surface area contributed by atoms with Crippen LogP contribution in [0.15, 0.2) is 35.2 Å². The van der Waals surface area contributed by atoms with Crippen molar-refractivity contribution in [1.82, 2.24) is 0 Å². The zero-order valence-corrected chi connectivity index (χ0v) is 14.7. The number of rotatable bonds is 4. The number of carbonyl (C=O) groups is 1. The maximum Gasteiger partial charge on any atom is 0.283 e. The fourth-order valence-electron chi connectivity index (χ4n) is 1.79. The Morgan fingerprint density at radius 1 is 1.13 bits per heavy atom. The van der Waals surface area contributed by atoms with Gasteiger partial charge in [-0.2, -0.15) is 0 Å². The van der Waals surface area contributed by atoms with Gasteiger partial charge in [0.1, 0.15) is 0 Å². The van der Waals surface area contributed by atoms with E-state index in [1.54, 1.807) is 6.26 Å². The third-order valence-corrected chi connectivity index (χ3v) is 4.72. The molecule has 2 aromatic carbocycles. The summed E-state index contributed by atoms with van der Waals surface area (Å²) in [7, 11) is 0. The summed E-state index contributed by atoms with van der Waals surface area (Å²) in [6.07, 6.45) is 1.72. The Balaban J connectivity index is 2.33. The fourth-order valence-corrected chi connectivity index (χ4v) is 2.93. The fraction of sp³-hybridized carbons (Fsp3) is 0.0714. The van der Waals surface area contributed by atoms with E-state index in [4.69, 9.17) is 34.8 Å². The molecule has 5 nitrogen and oxygen atoms in total. The Hall–Kier alpha value is -1.47. The van der Waals surface area contributed by atoms with Crippen LogP contribution in [-0.2, 0) is 0 Å². The van der Waals surface area contributed by atoms with E-state index in [9.17, 15) is 14.9 Å². The lowest BCUT2D eigenvalue weighted by Gasteiger charge is -2.09. The maximum absolute atomic E-state index is 12.3. The Bertz CT molecular complexity index is 799. The van der Waals surface area contributed by atoms with Gasteiger partial charge in [0.15, 0.2) is 0 Å². The van der Waals surface area contributed by atoms with Gasteiger partial charge in [-0.15, -0.1) is 11.8 Å². The molecule has 0 fully saturated rings. The highest BCUT2D eigenvalue weighted by Gasteiger charge is 2.18. The maximum atomic E-state index is 12.3. The van der Waals surface area contributed by atoms with Gasteiger partial charge in [-0.25, -0.2) is 0 Å². The van der Waals surface area contributed by atoms with Gasteiger partial charge in [0, 0.05) is 11.6 Å². The van der Waals surface area contributed by atoms with E-state index in [1.165, 1.54) is 42.1 Å². The summed E-state index contributed by atoms with van der Waals surface area (Å²) in [5.41, 5.74) is 0.268. The highest BCUT2D eigenvalue weighted by molar-refractivity contribution is 7.98. The summed E-state index contributed by atoms with van der Waals surface area (Å²) in [6, 6.07) is 7.05. The monoisotopic (exact) mass is 390 g/mol. The second-order valence-corrected chi connectivity index (χ2v) is 6.41. The zero-order chi connectivity index (χ0) is 17.1. The molecule has 1 N–H and O–H groups in total. The normalized spacial score (nSPS) is 10.4. The second-order valence-electron chi connectivity index (χ2n) is 4.34. The van der Waals surface area contributed by atoms with Crippen LogP contribution in [0.5, 0.6) is 0 Å². The molecule has 0 saturated heterocycles. The van der Waals surface area contributed by atoms with Crippen molar-refractivity contribution in [1.29, 1.82) is 0 Å². The molecule has 0 aliphatic rings. The lowest BCUT2D eigenvalue weighted by Crippen LogP contribution is -2.12. The Morgan fingerprint density at radius 3 is 2.39 bits per heavy atom. The predicted octanol–water partition coefficient (Wildman–Crippen LogP) is 5.53. The summed E-state index contributed by atoms with van der Waals surface area (Å²) >= 11 is 18.9. The van der Waals surface area contributed by atoms with Crippen molar-refractivity contribution in [2.24, 2.45) is 0 Å². The van der Waals surface area contributed by atoms with Crippen molar-refractivity contribution < 1.29 is 9.72 Å². The molecule has 23 heavy (non-hydrogen) atoms. The average Bonchev–Trinajstić information content (AvgIpc) is 2.51. The first-order valence-corrected chi connectivity index (χ1v) is 8.47. The standard InChI is InChI=1S/C14H9Cl3N2O3S/c1-23-13-3-2-7(4-12(13)19(21)22)14(20)18-11-6-9(16)8(15)5-10(11)17/h2-6H,1H3,(H,18,20). The summed E-state index contributed by atoms with van der Waals surface area (Å²) in [5.74, 6) is -0.541. The largest absolute Gasteiger partial charge is 0.321 e. The Kier molecular flexibility index (Phi) is 5.75. The van der Waals surface area contributed by atoms with E-state index in [0.717, 1.165) is 0 Å². The van der Waals surface area contributed by atoms with Gasteiger partial charge in [-0.3, -0.25) is 14.9 Å². The van der Waals surface area contributed by atoms with Crippen molar-refractivity contribution in [2.45, 2.75) is 4.90 Å². The Labute approximate surface area is 151 Å². The molecule has 2 rings (SSSR count). The lowest BCUT2D eigenvalue weighted by atomic mass is 10.2. The van der Waals surface area contributed by atoms with E-state index < -0.39 is 10.8 Å². The van der Waals surface area contributed by atoms with Gasteiger partial charge in [0.2, 0.25) is 0 Å². The van der Waals surface area contributed by atoms with Crippen LogP contribution in [0, 0.1) is 10.1 Å². The van der Waals surface area contributed by atoms with Gasteiger partial charge < -0.3 is 5.32 Å². The molecule has 0 radical (unpaired) electrons. The van der Waals surface area contributed by atoms with Gasteiger partial charge in [0.05, 0.1) is 30.6 Å². The molecule has 0 aromatic heterocycles. The van der Waals surface area contributed by atoms with E-state index in [1.807, 2.05) is 0 Å². The quantitative estimate of drug-likeness (QED) is 0.322. The number of halogens is 3. The van der Waals surface area contributed by atoms with Crippen LogP contribution in [-0.4, -0.2) is 17.1 Å². The number of carbonyl (C=O) groups excluding carboxylic acids is 1. The van der Waals surface area contributed by atoms with Gasteiger partial charge in [-0.05, 0) is 30.5 Å². The van der Waals surface area contributed by atoms with Crippen LogP contribution >= 0.6 is 46.6 Å². The minimum Gasteiger partial charge on any atom is -0.321 e. The number of amides is 1. The van der Waals surface area contributed by atoms with Crippen LogP contribution < -0.4 is 5.32 Å². The van der Waals surface area contributed by atoms with Crippen LogP contribution in [0.2, 0.25) is 15.1 Å². The second kappa shape index (κ2) is 7.40. The third-order valence-electron chi connectivity index (χ3n) is 2.90. The zero-order valence-electron chi connectivity index (χ0n) is 11.6. The minimum absolute atomic E-state index is 0.134. The van der Waals surface area contributed by atoms with Gasteiger partial charge in [-0.1, -0.05) is 34.8 Å². The molecule has 0 aliphatic heterocycles. The molecule has 0 unspecified atom stereocenters. The summed E-state index contributed by atoms with van der Waals surface area (Å²) in [6.45, 7) is 0. The number of hydrogen-bond donors (Lipinski definition) is 1. The molecule has 0 heterocycles. The highest BCUT2D eigenvalue weighted by Crippen LogP contribution is 2.33. The molecule has 0 spiro atoms. The first-order chi connectivity index (χ1) is 10.8. The number of anilines is 1. The SMILES string of the molecule is CSc1ccc(C(=O)Nc2cc(Cl)c(Cl)cc2Cl)cc1[N+](=O)[O-].